The molecule has 1 fully saturated rings. The number of thiazole rings is 1. The Balaban J connectivity index is 0.864. The zero-order valence-corrected chi connectivity index (χ0v) is 28.3. The number of aromatic nitrogens is 2. The molecule has 0 radical (unpaired) electrons. The Morgan fingerprint density at radius 2 is 1.66 bits per heavy atom. The average Bonchev–Trinajstić information content (AvgIpc) is 3.65. The number of rotatable bonds is 12. The number of anilines is 2. The van der Waals surface area contributed by atoms with Crippen molar-refractivity contribution in [2.75, 3.05) is 50.7 Å². The van der Waals surface area contributed by atoms with Gasteiger partial charge in [0.25, 0.3) is 11.8 Å². The number of hydrogen-bond acceptors (Lipinski definition) is 11. The normalized spacial score (nSPS) is 15.7. The monoisotopic (exact) mass is 690 g/mol. The number of amides is 4. The van der Waals surface area contributed by atoms with Crippen molar-refractivity contribution in [2.24, 2.45) is 0 Å². The smallest absolute Gasteiger partial charge is 0.262 e. The SMILES string of the molecule is CN(C)c1ccc(-c2ccc(-c3nc4ccc(NCCOCCOc5ccc6c(c5)C(=O)N(C5CCC(=O)NC5=O)C6=O)cc4s3)cc2)cn1. The van der Waals surface area contributed by atoms with Crippen LogP contribution in [0.1, 0.15) is 33.6 Å². The summed E-state index contributed by atoms with van der Waals surface area (Å²) < 4.78 is 12.6. The molecule has 0 saturated carbocycles. The van der Waals surface area contributed by atoms with Gasteiger partial charge in [-0.1, -0.05) is 24.3 Å². The van der Waals surface area contributed by atoms with Crippen LogP contribution >= 0.6 is 11.3 Å². The summed E-state index contributed by atoms with van der Waals surface area (Å²) in [6.07, 6.45) is 2.06. The molecule has 0 aliphatic carbocycles. The summed E-state index contributed by atoms with van der Waals surface area (Å²) in [5, 5.41) is 6.54. The van der Waals surface area contributed by atoms with Gasteiger partial charge in [0.2, 0.25) is 11.8 Å². The third-order valence-corrected chi connectivity index (χ3v) is 9.61. The predicted octanol–water partition coefficient (Wildman–Crippen LogP) is 5.00. The number of imide groups is 2. The van der Waals surface area contributed by atoms with Gasteiger partial charge in [-0.25, -0.2) is 9.97 Å². The molecular weight excluding hydrogens is 657 g/mol. The van der Waals surface area contributed by atoms with Gasteiger partial charge in [0.05, 0.1) is 34.6 Å². The second-order valence-corrected chi connectivity index (χ2v) is 13.2. The minimum Gasteiger partial charge on any atom is -0.491 e. The Kier molecular flexibility index (Phi) is 9.24. The Labute approximate surface area is 292 Å². The predicted molar refractivity (Wildman–Crippen MR) is 191 cm³/mol. The minimum atomic E-state index is -1.01. The maximum Gasteiger partial charge on any atom is 0.262 e. The number of fused-ring (bicyclic) bond motifs is 2. The Hall–Kier alpha value is -5.66. The number of ether oxygens (including phenoxy) is 2. The van der Waals surface area contributed by atoms with Gasteiger partial charge in [-0.2, -0.15) is 0 Å². The van der Waals surface area contributed by atoms with Gasteiger partial charge >= 0.3 is 0 Å². The van der Waals surface area contributed by atoms with Crippen LogP contribution in [0.3, 0.4) is 0 Å². The Morgan fingerprint density at radius 1 is 0.880 bits per heavy atom. The van der Waals surface area contributed by atoms with Crippen LogP contribution in [0.15, 0.2) is 79.0 Å². The molecular formula is C37H34N6O6S. The van der Waals surface area contributed by atoms with E-state index in [1.807, 2.05) is 43.4 Å². The van der Waals surface area contributed by atoms with Crippen molar-refractivity contribution in [3.63, 3.8) is 0 Å². The first-order valence-electron chi connectivity index (χ1n) is 16.2. The van der Waals surface area contributed by atoms with Crippen LogP contribution in [0, 0.1) is 0 Å². The van der Waals surface area contributed by atoms with Crippen LogP contribution in [0.25, 0.3) is 31.9 Å². The first-order chi connectivity index (χ1) is 24.2. The second-order valence-electron chi connectivity index (χ2n) is 12.1. The lowest BCUT2D eigenvalue weighted by atomic mass is 10.0. The number of nitrogens with one attached hydrogen (secondary N) is 2. The summed E-state index contributed by atoms with van der Waals surface area (Å²) in [6.45, 7) is 1.61. The average molecular weight is 691 g/mol. The van der Waals surface area contributed by atoms with Crippen molar-refractivity contribution in [1.29, 1.82) is 0 Å². The summed E-state index contributed by atoms with van der Waals surface area (Å²) in [7, 11) is 3.95. The van der Waals surface area contributed by atoms with E-state index in [1.54, 1.807) is 17.4 Å². The van der Waals surface area contributed by atoms with Gasteiger partial charge in [0.15, 0.2) is 0 Å². The second kappa shape index (κ2) is 14.1. The molecule has 50 heavy (non-hydrogen) atoms. The molecule has 0 spiro atoms. The topological polar surface area (TPSA) is 143 Å². The molecule has 1 saturated heterocycles. The van der Waals surface area contributed by atoms with Gasteiger partial charge in [-0.3, -0.25) is 29.4 Å². The van der Waals surface area contributed by atoms with Crippen LogP contribution in [0.5, 0.6) is 5.75 Å². The van der Waals surface area contributed by atoms with Crippen molar-refractivity contribution >= 4 is 56.7 Å². The van der Waals surface area contributed by atoms with E-state index < -0.39 is 29.7 Å². The molecule has 0 bridgehead atoms. The number of carbonyl (C=O) groups is 4. The largest absolute Gasteiger partial charge is 0.491 e. The van der Waals surface area contributed by atoms with Gasteiger partial charge in [0, 0.05) is 50.1 Å². The molecule has 2 aliphatic rings. The number of carbonyl (C=O) groups excluding carboxylic acids is 4. The molecule has 3 aromatic carbocycles. The van der Waals surface area contributed by atoms with Gasteiger partial charge in [-0.05, 0) is 60.5 Å². The van der Waals surface area contributed by atoms with E-state index in [-0.39, 0.29) is 30.6 Å². The first kappa shape index (κ1) is 32.9. The van der Waals surface area contributed by atoms with E-state index in [4.69, 9.17) is 14.5 Å². The van der Waals surface area contributed by atoms with Crippen molar-refractivity contribution in [3.05, 3.63) is 90.1 Å². The van der Waals surface area contributed by atoms with E-state index in [0.717, 1.165) is 48.3 Å². The zero-order chi connectivity index (χ0) is 34.8. The quantitative estimate of drug-likeness (QED) is 0.136. The fourth-order valence-electron chi connectivity index (χ4n) is 5.91. The van der Waals surface area contributed by atoms with Crippen LogP contribution in [0.4, 0.5) is 11.5 Å². The van der Waals surface area contributed by atoms with E-state index in [2.05, 4.69) is 52.0 Å². The lowest BCUT2D eigenvalue weighted by Crippen LogP contribution is -2.54. The molecule has 12 nitrogen and oxygen atoms in total. The number of pyridine rings is 1. The lowest BCUT2D eigenvalue weighted by Gasteiger charge is -2.27. The number of hydrogen-bond donors (Lipinski definition) is 2. The summed E-state index contributed by atoms with van der Waals surface area (Å²) in [4.78, 5) is 61.9. The molecule has 254 valence electrons. The zero-order valence-electron chi connectivity index (χ0n) is 27.5. The number of benzene rings is 3. The third-order valence-electron chi connectivity index (χ3n) is 8.54. The fraction of sp³-hybridized carbons (Fsp3) is 0.243. The lowest BCUT2D eigenvalue weighted by molar-refractivity contribution is -0.136. The van der Waals surface area contributed by atoms with E-state index >= 15 is 0 Å². The molecule has 2 aromatic heterocycles. The molecule has 1 atom stereocenters. The standard InChI is InChI=1S/C37H34N6O6S/c1-42(2)32-13-7-24(21-39-32)22-3-5-23(6-4-22)35-40-29-11-8-25(19-31(29)50-35)38-15-16-48-17-18-49-26-9-10-27-28(20-26)37(47)43(36(27)46)30-12-14-33(44)41-34(30)45/h3-11,13,19-21,30,38H,12,14-18H2,1-2H3,(H,41,44,45). The highest BCUT2D eigenvalue weighted by molar-refractivity contribution is 7.21. The maximum absolute atomic E-state index is 13.0. The third kappa shape index (κ3) is 6.78. The van der Waals surface area contributed by atoms with E-state index in [0.29, 0.717) is 25.5 Å². The van der Waals surface area contributed by atoms with Crippen LogP contribution < -0.4 is 20.3 Å². The van der Waals surface area contributed by atoms with Crippen LogP contribution in [-0.4, -0.2) is 85.0 Å². The summed E-state index contributed by atoms with van der Waals surface area (Å²) in [6, 6.07) is 22.2. The van der Waals surface area contributed by atoms with Crippen molar-refractivity contribution in [3.8, 4) is 27.4 Å². The van der Waals surface area contributed by atoms with Crippen LogP contribution in [-0.2, 0) is 14.3 Å². The van der Waals surface area contributed by atoms with Crippen molar-refractivity contribution in [1.82, 2.24) is 20.2 Å². The minimum absolute atomic E-state index is 0.0682. The fourth-order valence-corrected chi connectivity index (χ4v) is 6.92. The summed E-state index contributed by atoms with van der Waals surface area (Å²) in [5.74, 6) is -0.850. The van der Waals surface area contributed by atoms with E-state index in [9.17, 15) is 19.2 Å². The molecule has 2 N–H and O–H groups in total. The van der Waals surface area contributed by atoms with Gasteiger partial charge in [0.1, 0.15) is 29.2 Å². The van der Waals surface area contributed by atoms with Gasteiger partial charge in [-0.15, -0.1) is 11.3 Å². The van der Waals surface area contributed by atoms with Gasteiger partial charge < -0.3 is 19.7 Å². The van der Waals surface area contributed by atoms with Crippen molar-refractivity contribution in [2.45, 2.75) is 18.9 Å². The molecule has 7 rings (SSSR count). The van der Waals surface area contributed by atoms with Crippen molar-refractivity contribution < 1.29 is 28.7 Å². The highest BCUT2D eigenvalue weighted by Gasteiger charge is 2.44. The number of nitrogens with zero attached hydrogens (tertiary/aromatic N) is 4. The first-order valence-corrected chi connectivity index (χ1v) is 17.0. The molecule has 4 amide bonds. The molecule has 13 heteroatoms. The number of piperidine rings is 1. The van der Waals surface area contributed by atoms with E-state index in [1.165, 1.54) is 12.1 Å². The molecule has 5 aromatic rings. The Morgan fingerprint density at radius 3 is 2.42 bits per heavy atom. The maximum atomic E-state index is 13.0. The Bertz CT molecular complexity index is 2100. The molecule has 1 unspecified atom stereocenters. The summed E-state index contributed by atoms with van der Waals surface area (Å²) in [5.41, 5.74) is 5.52. The molecule has 2 aliphatic heterocycles. The highest BCUT2D eigenvalue weighted by Crippen LogP contribution is 2.33. The van der Waals surface area contributed by atoms with Crippen LogP contribution in [0.2, 0.25) is 0 Å². The molecule has 4 heterocycles. The summed E-state index contributed by atoms with van der Waals surface area (Å²) >= 11 is 1.65. The highest BCUT2D eigenvalue weighted by atomic mass is 32.1.